The summed E-state index contributed by atoms with van der Waals surface area (Å²) in [5, 5.41) is 17.3. The number of fused-ring (bicyclic) bond motifs is 1. The van der Waals surface area contributed by atoms with Gasteiger partial charge >= 0.3 is 6.03 Å². The van der Waals surface area contributed by atoms with E-state index in [0.29, 0.717) is 12.0 Å². The molecule has 0 radical (unpaired) electrons. The van der Waals surface area contributed by atoms with Crippen molar-refractivity contribution in [3.8, 4) is 5.75 Å². The maximum absolute atomic E-state index is 12.7. The van der Waals surface area contributed by atoms with Crippen molar-refractivity contribution in [3.05, 3.63) is 58.1 Å². The van der Waals surface area contributed by atoms with Crippen molar-refractivity contribution in [2.24, 2.45) is 0 Å². The van der Waals surface area contributed by atoms with Gasteiger partial charge in [-0.2, -0.15) is 0 Å². The Labute approximate surface area is 182 Å². The van der Waals surface area contributed by atoms with Gasteiger partial charge in [0.15, 0.2) is 0 Å². The number of rotatable bonds is 4. The number of amides is 5. The van der Waals surface area contributed by atoms with Crippen LogP contribution in [0.25, 0.3) is 0 Å². The van der Waals surface area contributed by atoms with Crippen LogP contribution >= 0.6 is 11.6 Å². The number of phenolic OH excluding ortho intramolecular Hbond substituents is 1. The van der Waals surface area contributed by atoms with Crippen LogP contribution in [0.2, 0.25) is 5.02 Å². The molecule has 2 aromatic carbocycles. The molecule has 9 nitrogen and oxygen atoms in total. The normalized spacial score (nSPS) is 17.9. The molecule has 10 heteroatoms. The van der Waals surface area contributed by atoms with Gasteiger partial charge in [-0.15, -0.1) is 0 Å². The lowest BCUT2D eigenvalue weighted by Gasteiger charge is -2.29. The number of carbonyl (C=O) groups is 4. The lowest BCUT2D eigenvalue weighted by molar-refractivity contribution is -0.136. The molecule has 2 heterocycles. The fourth-order valence-electron chi connectivity index (χ4n) is 3.70. The number of nitrogens with zero attached hydrogens (tertiary/aromatic N) is 1. The molecule has 4 rings (SSSR count). The van der Waals surface area contributed by atoms with Gasteiger partial charge in [0, 0.05) is 31.1 Å². The Morgan fingerprint density at radius 1 is 1.19 bits per heavy atom. The zero-order valence-corrected chi connectivity index (χ0v) is 17.0. The lowest BCUT2D eigenvalue weighted by atomic mass is 10.0. The van der Waals surface area contributed by atoms with Crippen LogP contribution in [-0.4, -0.2) is 39.8 Å². The number of piperidine rings is 1. The summed E-state index contributed by atoms with van der Waals surface area (Å²) in [4.78, 5) is 49.8. The van der Waals surface area contributed by atoms with E-state index in [1.54, 1.807) is 18.2 Å². The van der Waals surface area contributed by atoms with E-state index in [2.05, 4.69) is 16.0 Å². The Morgan fingerprint density at radius 3 is 2.77 bits per heavy atom. The number of phenols is 1. The van der Waals surface area contributed by atoms with E-state index in [4.69, 9.17) is 11.6 Å². The summed E-state index contributed by atoms with van der Waals surface area (Å²) >= 11 is 5.99. The van der Waals surface area contributed by atoms with Crippen molar-refractivity contribution in [1.29, 1.82) is 0 Å². The van der Waals surface area contributed by atoms with E-state index < -0.39 is 18.0 Å². The Bertz CT molecular complexity index is 1100. The summed E-state index contributed by atoms with van der Waals surface area (Å²) in [7, 11) is 0. The summed E-state index contributed by atoms with van der Waals surface area (Å²) in [5.41, 5.74) is 2.31. The molecular formula is C21H19ClN4O5. The van der Waals surface area contributed by atoms with E-state index in [-0.39, 0.29) is 47.8 Å². The molecule has 0 bridgehead atoms. The van der Waals surface area contributed by atoms with Crippen LogP contribution in [0.5, 0.6) is 5.75 Å². The van der Waals surface area contributed by atoms with Gasteiger partial charge in [0.1, 0.15) is 11.8 Å². The third kappa shape index (κ3) is 4.31. The highest BCUT2D eigenvalue weighted by Gasteiger charge is 2.39. The molecular weight excluding hydrogens is 424 g/mol. The highest BCUT2D eigenvalue weighted by molar-refractivity contribution is 6.33. The maximum atomic E-state index is 12.7. The second kappa shape index (κ2) is 8.27. The standard InChI is InChI=1S/C21H19ClN4O5/c22-15-4-2-13(27)8-16(15)24-21(31)23-9-11-1-3-14-12(7-11)10-26(20(14)30)17-5-6-18(28)25-19(17)29/h1-4,7-8,17,27H,5-6,9-10H2,(H2,23,24,31)(H,25,28,29). The van der Waals surface area contributed by atoms with E-state index in [0.717, 1.165) is 11.1 Å². The minimum Gasteiger partial charge on any atom is -0.508 e. The number of urea groups is 1. The number of nitrogens with one attached hydrogen (secondary N) is 3. The fraction of sp³-hybridized carbons (Fsp3) is 0.238. The van der Waals surface area contributed by atoms with Crippen LogP contribution < -0.4 is 16.0 Å². The third-order valence-electron chi connectivity index (χ3n) is 5.24. The number of carbonyl (C=O) groups excluding carboxylic acids is 4. The van der Waals surface area contributed by atoms with Crippen molar-refractivity contribution >= 4 is 41.0 Å². The van der Waals surface area contributed by atoms with E-state index in [9.17, 15) is 24.3 Å². The van der Waals surface area contributed by atoms with Crippen molar-refractivity contribution in [1.82, 2.24) is 15.5 Å². The second-order valence-electron chi connectivity index (χ2n) is 7.36. The zero-order valence-electron chi connectivity index (χ0n) is 16.3. The lowest BCUT2D eigenvalue weighted by Crippen LogP contribution is -2.52. The van der Waals surface area contributed by atoms with Crippen molar-refractivity contribution < 1.29 is 24.3 Å². The molecule has 5 amide bonds. The minimum atomic E-state index is -0.669. The highest BCUT2D eigenvalue weighted by atomic mass is 35.5. The van der Waals surface area contributed by atoms with E-state index in [1.165, 1.54) is 23.1 Å². The monoisotopic (exact) mass is 442 g/mol. The predicted octanol–water partition coefficient (Wildman–Crippen LogP) is 2.13. The molecule has 4 N–H and O–H groups in total. The van der Waals surface area contributed by atoms with Gasteiger partial charge in [-0.05, 0) is 35.7 Å². The van der Waals surface area contributed by atoms with Crippen LogP contribution in [0.3, 0.4) is 0 Å². The first kappa shape index (κ1) is 20.7. The van der Waals surface area contributed by atoms with Crippen LogP contribution in [0, 0.1) is 0 Å². The number of benzene rings is 2. The molecule has 2 aliphatic rings. The number of anilines is 1. The number of imide groups is 1. The molecule has 2 aliphatic heterocycles. The maximum Gasteiger partial charge on any atom is 0.319 e. The van der Waals surface area contributed by atoms with E-state index >= 15 is 0 Å². The second-order valence-corrected chi connectivity index (χ2v) is 7.77. The van der Waals surface area contributed by atoms with Gasteiger partial charge in [-0.1, -0.05) is 23.7 Å². The quantitative estimate of drug-likeness (QED) is 0.539. The fourth-order valence-corrected chi connectivity index (χ4v) is 3.86. The Hall–Kier alpha value is -3.59. The average molecular weight is 443 g/mol. The molecule has 1 unspecified atom stereocenters. The third-order valence-corrected chi connectivity index (χ3v) is 5.57. The molecule has 0 aliphatic carbocycles. The van der Waals surface area contributed by atoms with Crippen molar-refractivity contribution in [2.75, 3.05) is 5.32 Å². The SMILES string of the molecule is O=C1CCC(N2Cc3cc(CNC(=O)Nc4cc(O)ccc4Cl)ccc3C2=O)C(=O)N1. The molecule has 0 saturated carbocycles. The number of hydrogen-bond donors (Lipinski definition) is 4. The number of hydrogen-bond acceptors (Lipinski definition) is 5. The van der Waals surface area contributed by atoms with Gasteiger partial charge in [0.25, 0.3) is 5.91 Å². The summed E-state index contributed by atoms with van der Waals surface area (Å²) < 4.78 is 0. The molecule has 31 heavy (non-hydrogen) atoms. The smallest absolute Gasteiger partial charge is 0.319 e. The summed E-state index contributed by atoms with van der Waals surface area (Å²) in [6, 6.07) is 8.25. The highest BCUT2D eigenvalue weighted by Crippen LogP contribution is 2.28. The summed E-state index contributed by atoms with van der Waals surface area (Å²) in [6.07, 6.45) is 0.501. The van der Waals surface area contributed by atoms with E-state index in [1.807, 2.05) is 0 Å². The van der Waals surface area contributed by atoms with Gasteiger partial charge in [0.2, 0.25) is 11.8 Å². The number of aromatic hydroxyl groups is 1. The first-order chi connectivity index (χ1) is 14.8. The molecule has 160 valence electrons. The molecule has 1 atom stereocenters. The number of halogens is 1. The molecule has 2 aromatic rings. The molecule has 0 aromatic heterocycles. The van der Waals surface area contributed by atoms with Crippen LogP contribution in [0.4, 0.5) is 10.5 Å². The Balaban J connectivity index is 1.39. The van der Waals surface area contributed by atoms with Gasteiger partial charge in [-0.3, -0.25) is 19.7 Å². The topological polar surface area (TPSA) is 128 Å². The summed E-state index contributed by atoms with van der Waals surface area (Å²) in [6.45, 7) is 0.460. The van der Waals surface area contributed by atoms with Crippen molar-refractivity contribution in [2.45, 2.75) is 32.0 Å². The molecule has 1 fully saturated rings. The Kier molecular flexibility index (Phi) is 5.51. The first-order valence-corrected chi connectivity index (χ1v) is 9.99. The average Bonchev–Trinajstić information content (AvgIpc) is 3.05. The van der Waals surface area contributed by atoms with Crippen LogP contribution in [-0.2, 0) is 22.7 Å². The van der Waals surface area contributed by atoms with Gasteiger partial charge < -0.3 is 20.6 Å². The van der Waals surface area contributed by atoms with Crippen molar-refractivity contribution in [3.63, 3.8) is 0 Å². The largest absolute Gasteiger partial charge is 0.508 e. The van der Waals surface area contributed by atoms with Crippen LogP contribution in [0.1, 0.15) is 34.3 Å². The molecule has 1 saturated heterocycles. The van der Waals surface area contributed by atoms with Gasteiger partial charge in [-0.25, -0.2) is 4.79 Å². The first-order valence-electron chi connectivity index (χ1n) is 9.61. The minimum absolute atomic E-state index is 0.0245. The summed E-state index contributed by atoms with van der Waals surface area (Å²) in [5.74, 6) is -1.06. The predicted molar refractivity (Wildman–Crippen MR) is 111 cm³/mol. The molecule has 0 spiro atoms. The Morgan fingerprint density at radius 2 is 2.00 bits per heavy atom. The zero-order chi connectivity index (χ0) is 22.1. The van der Waals surface area contributed by atoms with Crippen LogP contribution in [0.15, 0.2) is 36.4 Å². The van der Waals surface area contributed by atoms with Gasteiger partial charge in [0.05, 0.1) is 10.7 Å².